The van der Waals surface area contributed by atoms with Gasteiger partial charge < -0.3 is 10.2 Å². The first kappa shape index (κ1) is 22.0. The summed E-state index contributed by atoms with van der Waals surface area (Å²) < 4.78 is 86.6. The molecule has 0 amide bonds. The number of hydrogen-bond acceptors (Lipinski definition) is 6. The highest BCUT2D eigenvalue weighted by Gasteiger charge is 2.55. The van der Waals surface area contributed by atoms with Gasteiger partial charge in [-0.3, -0.25) is 4.79 Å². The van der Waals surface area contributed by atoms with Crippen LogP contribution in [0, 0.1) is 0 Å². The van der Waals surface area contributed by atoms with E-state index >= 15 is 0 Å². The summed E-state index contributed by atoms with van der Waals surface area (Å²) in [5, 5.41) is 6.99. The van der Waals surface area contributed by atoms with Gasteiger partial charge in [-0.15, -0.1) is 10.2 Å². The molecule has 2 aromatic rings. The summed E-state index contributed by atoms with van der Waals surface area (Å²) in [6.07, 6.45) is -9.05. The van der Waals surface area contributed by atoms with Crippen molar-refractivity contribution in [3.05, 3.63) is 23.2 Å². The zero-order chi connectivity index (χ0) is 22.3. The lowest BCUT2D eigenvalue weighted by molar-refractivity contribution is -0.194. The Bertz CT molecular complexity index is 953. The van der Waals surface area contributed by atoms with Gasteiger partial charge in [0, 0.05) is 6.42 Å². The maximum absolute atomic E-state index is 13.8. The Morgan fingerprint density at radius 1 is 1.03 bits per heavy atom. The molecule has 0 fully saturated rings. The number of anilines is 1. The maximum Gasteiger partial charge on any atom is 0.418 e. The number of ketones is 1. The number of nitrogen functional groups attached to an aromatic ring is 1. The van der Waals surface area contributed by atoms with Crippen molar-refractivity contribution in [3.8, 4) is 11.6 Å². The second-order valence-corrected chi connectivity index (χ2v) is 7.40. The molecule has 1 unspecified atom stereocenters. The average Bonchev–Trinajstić information content (AvgIpc) is 3.11. The second-order valence-electron chi connectivity index (χ2n) is 7.40. The molecule has 0 spiro atoms. The van der Waals surface area contributed by atoms with Gasteiger partial charge in [0.25, 0.3) is 5.89 Å². The van der Waals surface area contributed by atoms with E-state index in [0.717, 1.165) is 6.92 Å². The third-order valence-corrected chi connectivity index (χ3v) is 5.18. The van der Waals surface area contributed by atoms with Crippen molar-refractivity contribution < 1.29 is 35.6 Å². The molecular formula is C18H18F6N4O2. The van der Waals surface area contributed by atoms with Crippen LogP contribution in [0.5, 0.6) is 0 Å². The Morgan fingerprint density at radius 2 is 1.70 bits per heavy atom. The smallest absolute Gasteiger partial charge is 0.418 e. The molecule has 1 aliphatic heterocycles. The van der Waals surface area contributed by atoms with Gasteiger partial charge in [-0.1, -0.05) is 19.3 Å². The van der Waals surface area contributed by atoms with Crippen molar-refractivity contribution in [1.82, 2.24) is 15.2 Å². The van der Waals surface area contributed by atoms with Crippen LogP contribution in [0.25, 0.3) is 11.6 Å². The lowest BCUT2D eigenvalue weighted by atomic mass is 9.83. The second kappa shape index (κ2) is 7.55. The highest BCUT2D eigenvalue weighted by Crippen LogP contribution is 2.45. The molecule has 0 radical (unpaired) electrons. The number of Topliss-reactive ketones (excluding diaryl/α,β-unsaturated/α-hetero) is 1. The first-order valence-corrected chi connectivity index (χ1v) is 9.16. The quantitative estimate of drug-likeness (QED) is 0.578. The van der Waals surface area contributed by atoms with E-state index in [1.54, 1.807) is 0 Å². The van der Waals surface area contributed by atoms with E-state index in [9.17, 15) is 31.1 Å². The third-order valence-electron chi connectivity index (χ3n) is 5.18. The summed E-state index contributed by atoms with van der Waals surface area (Å²) in [7, 11) is 0. The van der Waals surface area contributed by atoms with Crippen molar-refractivity contribution in [2.24, 2.45) is 0 Å². The number of fused-ring (bicyclic) bond motifs is 5. The largest absolute Gasteiger partial charge is 0.418 e. The van der Waals surface area contributed by atoms with Crippen LogP contribution in [-0.4, -0.2) is 27.1 Å². The van der Waals surface area contributed by atoms with Crippen LogP contribution in [0.2, 0.25) is 0 Å². The molecular weight excluding hydrogens is 418 g/mol. The summed E-state index contributed by atoms with van der Waals surface area (Å²) in [4.78, 5) is 16.1. The standard InChI is InChI=1S/C18H18F6N4O2/c1-16(18(22,23)24)7-5-3-2-4-6-11(29)12-9(17(19,20)21)8-10(25)13(26-12)14-27-28-15(16)30-14/h8H,2-7,25H2,1H3. The number of carbonyl (C=O) groups excluding carboxylic acids is 1. The van der Waals surface area contributed by atoms with E-state index in [1.807, 2.05) is 0 Å². The number of hydrogen-bond donors (Lipinski definition) is 1. The Labute approximate surface area is 166 Å². The summed E-state index contributed by atoms with van der Waals surface area (Å²) in [6.45, 7) is 0.925. The number of pyridine rings is 1. The average molecular weight is 436 g/mol. The fraction of sp³-hybridized carbons (Fsp3) is 0.556. The number of halogens is 6. The number of aromatic nitrogens is 3. The van der Waals surface area contributed by atoms with Crippen molar-refractivity contribution in [2.45, 2.75) is 63.2 Å². The molecule has 3 rings (SSSR count). The molecule has 164 valence electrons. The van der Waals surface area contributed by atoms with Crippen molar-refractivity contribution in [1.29, 1.82) is 0 Å². The zero-order valence-corrected chi connectivity index (χ0v) is 15.8. The minimum Gasteiger partial charge on any atom is -0.418 e. The van der Waals surface area contributed by atoms with E-state index in [4.69, 9.17) is 10.2 Å². The Morgan fingerprint density at radius 3 is 2.33 bits per heavy atom. The molecule has 4 bridgehead atoms. The summed E-state index contributed by atoms with van der Waals surface area (Å²) >= 11 is 0. The molecule has 0 saturated heterocycles. The van der Waals surface area contributed by atoms with E-state index in [1.165, 1.54) is 0 Å². The number of alkyl halides is 6. The normalized spacial score (nSPS) is 21.4. The fourth-order valence-electron chi connectivity index (χ4n) is 3.28. The van der Waals surface area contributed by atoms with Crippen LogP contribution in [0.15, 0.2) is 10.5 Å². The van der Waals surface area contributed by atoms with Crippen LogP contribution < -0.4 is 5.73 Å². The van der Waals surface area contributed by atoms with Crippen LogP contribution in [-0.2, 0) is 11.6 Å². The predicted molar refractivity (Wildman–Crippen MR) is 92.4 cm³/mol. The SMILES string of the molecule is CC1(C(F)(F)F)CCCCCCC(=O)c2nc(c(N)cc2C(F)(F)F)-c2nnc1o2. The Hall–Kier alpha value is -2.66. The molecule has 0 aliphatic carbocycles. The minimum absolute atomic E-state index is 0.154. The first-order chi connectivity index (χ1) is 13.8. The van der Waals surface area contributed by atoms with Crippen LogP contribution in [0.3, 0.4) is 0 Å². The van der Waals surface area contributed by atoms with E-state index in [-0.39, 0.29) is 25.7 Å². The van der Waals surface area contributed by atoms with Gasteiger partial charge in [0.1, 0.15) is 11.1 Å². The number of nitrogens with zero attached hydrogens (tertiary/aromatic N) is 3. The third kappa shape index (κ3) is 3.99. The molecule has 30 heavy (non-hydrogen) atoms. The maximum atomic E-state index is 13.8. The lowest BCUT2D eigenvalue weighted by Crippen LogP contribution is -2.40. The fourth-order valence-corrected chi connectivity index (χ4v) is 3.28. The van der Waals surface area contributed by atoms with Crippen molar-refractivity contribution >= 4 is 11.5 Å². The molecule has 3 heterocycles. The van der Waals surface area contributed by atoms with E-state index in [2.05, 4.69) is 15.2 Å². The van der Waals surface area contributed by atoms with Gasteiger partial charge in [0.05, 0.1) is 11.3 Å². The first-order valence-electron chi connectivity index (χ1n) is 9.16. The number of rotatable bonds is 0. The van der Waals surface area contributed by atoms with Gasteiger partial charge in [-0.05, 0) is 25.8 Å². The highest BCUT2D eigenvalue weighted by atomic mass is 19.4. The van der Waals surface area contributed by atoms with Gasteiger partial charge >= 0.3 is 12.4 Å². The monoisotopic (exact) mass is 436 g/mol. The van der Waals surface area contributed by atoms with Crippen LogP contribution in [0.4, 0.5) is 32.0 Å². The Kier molecular flexibility index (Phi) is 5.54. The van der Waals surface area contributed by atoms with Crippen LogP contribution >= 0.6 is 0 Å². The molecule has 0 saturated carbocycles. The number of nitrogens with two attached hydrogens (primary N) is 1. The predicted octanol–water partition coefficient (Wildman–Crippen LogP) is 5.09. The van der Waals surface area contributed by atoms with E-state index in [0.29, 0.717) is 18.9 Å². The lowest BCUT2D eigenvalue weighted by Gasteiger charge is -2.28. The molecule has 1 atom stereocenters. The zero-order valence-electron chi connectivity index (χ0n) is 15.8. The topological polar surface area (TPSA) is 94.9 Å². The highest BCUT2D eigenvalue weighted by molar-refractivity contribution is 5.97. The summed E-state index contributed by atoms with van der Waals surface area (Å²) in [6, 6.07) is 0.508. The number of carbonyl (C=O) groups is 1. The van der Waals surface area contributed by atoms with Gasteiger partial charge in [0.2, 0.25) is 5.89 Å². The summed E-state index contributed by atoms with van der Waals surface area (Å²) in [5.41, 5.74) is -0.00382. The molecule has 2 N–H and O–H groups in total. The minimum atomic E-state index is -4.90. The Balaban J connectivity index is 2.20. The van der Waals surface area contributed by atoms with Crippen molar-refractivity contribution in [2.75, 3.05) is 5.73 Å². The molecule has 1 aliphatic rings. The molecule has 6 nitrogen and oxygen atoms in total. The van der Waals surface area contributed by atoms with Gasteiger partial charge in [0.15, 0.2) is 11.5 Å². The van der Waals surface area contributed by atoms with Crippen LogP contribution in [0.1, 0.15) is 67.4 Å². The molecule has 2 aromatic heterocycles. The van der Waals surface area contributed by atoms with Gasteiger partial charge in [-0.25, -0.2) is 4.98 Å². The van der Waals surface area contributed by atoms with Crippen molar-refractivity contribution in [3.63, 3.8) is 0 Å². The van der Waals surface area contributed by atoms with Gasteiger partial charge in [-0.2, -0.15) is 26.3 Å². The van der Waals surface area contributed by atoms with E-state index < -0.39 is 58.0 Å². The molecule has 12 heteroatoms. The molecule has 0 aromatic carbocycles. The summed E-state index contributed by atoms with van der Waals surface area (Å²) in [5.74, 6) is -2.17.